The summed E-state index contributed by atoms with van der Waals surface area (Å²) < 4.78 is 66.6. The van der Waals surface area contributed by atoms with E-state index in [9.17, 15) is 21.6 Å². The molecule has 8 nitrogen and oxygen atoms in total. The van der Waals surface area contributed by atoms with Crippen LogP contribution < -0.4 is 5.73 Å². The maximum absolute atomic E-state index is 13.8. The van der Waals surface area contributed by atoms with Gasteiger partial charge in [0, 0.05) is 23.9 Å². The standard InChI is InChI=1S/C25H29F3N6O2S/c1-37(35,36)23-19(25(26,27)28)10-9-18(22(23)24-30-32-33-31-24)17-7-5-15(6-8-17)16-11-13-34(14-12-16)21-4-2-3-20(21)29/h5-10,16,20-21H,2-4,11-14,29H2,1H3,(H,30,31,32,33). The fraction of sp³-hybridized carbons (Fsp3) is 0.480. The zero-order valence-electron chi connectivity index (χ0n) is 20.4. The number of alkyl halides is 3. The molecular formula is C25H29F3N6O2S. The number of sulfone groups is 1. The van der Waals surface area contributed by atoms with Gasteiger partial charge in [-0.2, -0.15) is 13.2 Å². The van der Waals surface area contributed by atoms with E-state index in [0.29, 0.717) is 23.1 Å². The molecular weight excluding hydrogens is 505 g/mol. The topological polar surface area (TPSA) is 118 Å². The highest BCUT2D eigenvalue weighted by molar-refractivity contribution is 7.91. The molecule has 0 spiro atoms. The van der Waals surface area contributed by atoms with Crippen molar-refractivity contribution >= 4 is 9.84 Å². The number of piperidine rings is 1. The van der Waals surface area contributed by atoms with E-state index in [-0.39, 0.29) is 17.4 Å². The minimum absolute atomic E-state index is 0.150. The molecule has 12 heteroatoms. The largest absolute Gasteiger partial charge is 0.417 e. The molecule has 2 aliphatic rings. The van der Waals surface area contributed by atoms with Gasteiger partial charge in [0.1, 0.15) is 0 Å². The third kappa shape index (κ3) is 5.14. The van der Waals surface area contributed by atoms with Gasteiger partial charge in [-0.25, -0.2) is 13.5 Å². The van der Waals surface area contributed by atoms with Crippen LogP contribution in [0, 0.1) is 0 Å². The molecule has 2 aromatic carbocycles. The van der Waals surface area contributed by atoms with Crippen LogP contribution in [0.15, 0.2) is 41.3 Å². The molecule has 1 aromatic heterocycles. The summed E-state index contributed by atoms with van der Waals surface area (Å²) in [6.07, 6.45) is 1.33. The number of hydrogen-bond donors (Lipinski definition) is 2. The highest BCUT2D eigenvalue weighted by Crippen LogP contribution is 2.43. The van der Waals surface area contributed by atoms with E-state index in [0.717, 1.165) is 56.7 Å². The van der Waals surface area contributed by atoms with Gasteiger partial charge in [0.15, 0.2) is 15.7 Å². The molecule has 37 heavy (non-hydrogen) atoms. The number of aromatic amines is 1. The first kappa shape index (κ1) is 25.8. The first-order valence-electron chi connectivity index (χ1n) is 12.3. The minimum Gasteiger partial charge on any atom is -0.326 e. The number of nitrogens with one attached hydrogen (secondary N) is 1. The fourth-order valence-corrected chi connectivity index (χ4v) is 7.01. The monoisotopic (exact) mass is 534 g/mol. The average molecular weight is 535 g/mol. The molecule has 0 amide bonds. The van der Waals surface area contributed by atoms with Gasteiger partial charge in [-0.05, 0) is 77.9 Å². The van der Waals surface area contributed by atoms with Crippen molar-refractivity contribution in [2.24, 2.45) is 5.73 Å². The zero-order chi connectivity index (χ0) is 26.4. The molecule has 3 aromatic rings. The minimum atomic E-state index is -4.87. The Morgan fingerprint density at radius 3 is 2.27 bits per heavy atom. The predicted molar refractivity (Wildman–Crippen MR) is 132 cm³/mol. The molecule has 1 aliphatic carbocycles. The van der Waals surface area contributed by atoms with Crippen LogP contribution in [-0.4, -0.2) is 65.4 Å². The van der Waals surface area contributed by atoms with Crippen molar-refractivity contribution in [1.29, 1.82) is 0 Å². The lowest BCUT2D eigenvalue weighted by molar-refractivity contribution is -0.139. The Bertz CT molecular complexity index is 1350. The molecule has 2 fully saturated rings. The van der Waals surface area contributed by atoms with Crippen molar-refractivity contribution < 1.29 is 21.6 Å². The van der Waals surface area contributed by atoms with Crippen LogP contribution in [0.25, 0.3) is 22.5 Å². The Hall–Kier alpha value is -2.83. The van der Waals surface area contributed by atoms with Gasteiger partial charge >= 0.3 is 6.18 Å². The Balaban J connectivity index is 1.47. The summed E-state index contributed by atoms with van der Waals surface area (Å²) in [4.78, 5) is 1.66. The van der Waals surface area contributed by atoms with Crippen molar-refractivity contribution in [3.05, 3.63) is 47.5 Å². The van der Waals surface area contributed by atoms with E-state index in [1.54, 1.807) is 0 Å². The van der Waals surface area contributed by atoms with Crippen molar-refractivity contribution in [1.82, 2.24) is 25.5 Å². The van der Waals surface area contributed by atoms with Crippen molar-refractivity contribution in [2.45, 2.75) is 61.2 Å². The molecule has 198 valence electrons. The maximum Gasteiger partial charge on any atom is 0.417 e. The van der Waals surface area contributed by atoms with Gasteiger partial charge < -0.3 is 5.73 Å². The van der Waals surface area contributed by atoms with E-state index in [1.165, 1.54) is 12.5 Å². The van der Waals surface area contributed by atoms with Crippen LogP contribution in [-0.2, 0) is 16.0 Å². The van der Waals surface area contributed by atoms with Crippen LogP contribution in [0.1, 0.15) is 49.1 Å². The molecule has 1 saturated carbocycles. The van der Waals surface area contributed by atoms with E-state index >= 15 is 0 Å². The maximum atomic E-state index is 13.8. The van der Waals surface area contributed by atoms with Crippen LogP contribution in [0.4, 0.5) is 13.2 Å². The van der Waals surface area contributed by atoms with Crippen molar-refractivity contribution in [2.75, 3.05) is 19.3 Å². The predicted octanol–water partition coefficient (Wildman–Crippen LogP) is 4.02. The summed E-state index contributed by atoms with van der Waals surface area (Å²) in [5, 5.41) is 13.1. The lowest BCUT2D eigenvalue weighted by Crippen LogP contribution is -2.47. The number of H-pyrrole nitrogens is 1. The smallest absolute Gasteiger partial charge is 0.326 e. The van der Waals surface area contributed by atoms with Gasteiger partial charge in [-0.3, -0.25) is 4.90 Å². The van der Waals surface area contributed by atoms with Gasteiger partial charge in [0.25, 0.3) is 0 Å². The molecule has 0 radical (unpaired) electrons. The first-order valence-corrected chi connectivity index (χ1v) is 14.2. The van der Waals surface area contributed by atoms with Crippen molar-refractivity contribution in [3.63, 3.8) is 0 Å². The number of tetrazole rings is 1. The summed E-state index contributed by atoms with van der Waals surface area (Å²) in [6, 6.07) is 10.4. The summed E-state index contributed by atoms with van der Waals surface area (Å²) in [7, 11) is -4.29. The second-order valence-electron chi connectivity index (χ2n) is 9.98. The summed E-state index contributed by atoms with van der Waals surface area (Å²) in [5.41, 5.74) is 6.85. The Labute approximate surface area is 213 Å². The van der Waals surface area contributed by atoms with E-state index in [1.807, 2.05) is 24.3 Å². The van der Waals surface area contributed by atoms with Gasteiger partial charge in [-0.1, -0.05) is 36.8 Å². The molecule has 0 bridgehead atoms. The Morgan fingerprint density at radius 1 is 1.03 bits per heavy atom. The lowest BCUT2D eigenvalue weighted by atomic mass is 9.87. The van der Waals surface area contributed by atoms with Crippen molar-refractivity contribution in [3.8, 4) is 22.5 Å². The number of halogens is 3. The molecule has 2 unspecified atom stereocenters. The molecule has 2 atom stereocenters. The fourth-order valence-electron chi connectivity index (χ4n) is 5.85. The number of likely N-dealkylation sites (tertiary alicyclic amines) is 1. The lowest BCUT2D eigenvalue weighted by Gasteiger charge is -2.37. The number of aromatic nitrogens is 4. The highest BCUT2D eigenvalue weighted by Gasteiger charge is 2.39. The number of nitrogens with zero attached hydrogens (tertiary/aromatic N) is 4. The highest BCUT2D eigenvalue weighted by atomic mass is 32.2. The van der Waals surface area contributed by atoms with Crippen LogP contribution in [0.3, 0.4) is 0 Å². The van der Waals surface area contributed by atoms with Crippen LogP contribution in [0.2, 0.25) is 0 Å². The van der Waals surface area contributed by atoms with E-state index in [2.05, 4.69) is 25.5 Å². The molecule has 5 rings (SSSR count). The van der Waals surface area contributed by atoms with Crippen LogP contribution in [0.5, 0.6) is 0 Å². The summed E-state index contributed by atoms with van der Waals surface area (Å²) in [6.45, 7) is 1.98. The molecule has 3 N–H and O–H groups in total. The summed E-state index contributed by atoms with van der Waals surface area (Å²) in [5.74, 6) is 0.225. The third-order valence-corrected chi connectivity index (χ3v) is 8.80. The number of hydrogen-bond acceptors (Lipinski definition) is 7. The number of nitrogens with two attached hydrogens (primary N) is 1. The first-order chi connectivity index (χ1) is 17.5. The summed E-state index contributed by atoms with van der Waals surface area (Å²) >= 11 is 0. The van der Waals surface area contributed by atoms with Gasteiger partial charge in [0.05, 0.1) is 10.5 Å². The third-order valence-electron chi connectivity index (χ3n) is 7.64. The Kier molecular flexibility index (Phi) is 6.84. The zero-order valence-corrected chi connectivity index (χ0v) is 21.2. The molecule has 1 aliphatic heterocycles. The average Bonchev–Trinajstić information content (AvgIpc) is 3.54. The quantitative estimate of drug-likeness (QED) is 0.508. The number of benzene rings is 2. The van der Waals surface area contributed by atoms with Crippen LogP contribution >= 0.6 is 0 Å². The van der Waals surface area contributed by atoms with Gasteiger partial charge in [0.2, 0.25) is 0 Å². The van der Waals surface area contributed by atoms with E-state index in [4.69, 9.17) is 5.73 Å². The second kappa shape index (κ2) is 9.80. The molecule has 2 heterocycles. The van der Waals surface area contributed by atoms with Gasteiger partial charge in [-0.15, -0.1) is 5.10 Å². The number of rotatable bonds is 5. The van der Waals surface area contributed by atoms with E-state index < -0.39 is 26.5 Å². The SMILES string of the molecule is CS(=O)(=O)c1c(C(F)(F)F)ccc(-c2ccc(C3CCN(C4CCCC4N)CC3)cc2)c1-c1nnn[nH]1. The molecule has 1 saturated heterocycles. The normalized spacial score (nSPS) is 22.0. The second-order valence-corrected chi connectivity index (χ2v) is 11.9. The Morgan fingerprint density at radius 2 is 1.73 bits per heavy atom.